The highest BCUT2D eigenvalue weighted by atomic mass is 35.5. The van der Waals surface area contributed by atoms with Crippen molar-refractivity contribution in [2.45, 2.75) is 60.5 Å². The van der Waals surface area contributed by atoms with Gasteiger partial charge in [-0.2, -0.15) is 0 Å². The van der Waals surface area contributed by atoms with Crippen LogP contribution in [0.2, 0.25) is 20.1 Å². The Bertz CT molecular complexity index is 1550. The van der Waals surface area contributed by atoms with E-state index in [1.165, 1.54) is 23.5 Å². The Morgan fingerprint density at radius 1 is 0.696 bits per heavy atom. The van der Waals surface area contributed by atoms with Crippen molar-refractivity contribution in [1.82, 2.24) is 20.4 Å². The van der Waals surface area contributed by atoms with Crippen LogP contribution in [0.25, 0.3) is 22.9 Å². The van der Waals surface area contributed by atoms with Crippen LogP contribution in [-0.4, -0.2) is 56.0 Å². The molecule has 2 fully saturated rings. The molecule has 2 heterocycles. The Balaban J connectivity index is 0.000000181. The van der Waals surface area contributed by atoms with Crippen LogP contribution in [0.15, 0.2) is 55.7 Å². The van der Waals surface area contributed by atoms with Crippen LogP contribution in [0, 0.1) is 11.8 Å². The number of aromatic nitrogens is 4. The quantitative estimate of drug-likeness (QED) is 0.144. The predicted octanol–water partition coefficient (Wildman–Crippen LogP) is 8.95. The zero-order valence-electron chi connectivity index (χ0n) is 24.6. The fraction of sp³-hybridized carbons (Fsp3) is 0.400. The average Bonchev–Trinajstić information content (AvgIpc) is 3.62. The van der Waals surface area contributed by atoms with Crippen LogP contribution in [0.4, 0.5) is 0 Å². The summed E-state index contributed by atoms with van der Waals surface area (Å²) in [6, 6.07) is 10.2. The van der Waals surface area contributed by atoms with E-state index < -0.39 is 0 Å². The molecule has 2 aromatic carbocycles. The standard InChI is InChI=1S/2C15H14Cl2N2O3S/c2*1-2-21-14(20)8-5-10(6-8)23-15-19-18-13(22-15)11-4-3-9(16)7-12(11)17/h2*3-4,7-8,10H,2,5-6H2,1H3. The van der Waals surface area contributed by atoms with Gasteiger partial charge < -0.3 is 18.3 Å². The highest BCUT2D eigenvalue weighted by molar-refractivity contribution is 8.00. The van der Waals surface area contributed by atoms with E-state index in [1.54, 1.807) is 36.4 Å². The Morgan fingerprint density at radius 2 is 1.09 bits per heavy atom. The number of hydrogen-bond donors (Lipinski definition) is 0. The summed E-state index contributed by atoms with van der Waals surface area (Å²) in [7, 11) is 0. The predicted molar refractivity (Wildman–Crippen MR) is 178 cm³/mol. The minimum Gasteiger partial charge on any atom is -0.466 e. The van der Waals surface area contributed by atoms with E-state index in [-0.39, 0.29) is 23.8 Å². The number of hydrogen-bond acceptors (Lipinski definition) is 12. The summed E-state index contributed by atoms with van der Waals surface area (Å²) >= 11 is 27.0. The topological polar surface area (TPSA) is 130 Å². The fourth-order valence-corrected chi connectivity index (χ4v) is 7.87. The van der Waals surface area contributed by atoms with Gasteiger partial charge in [0.1, 0.15) is 0 Å². The SMILES string of the molecule is CCOC(=O)C1CC(Sc2nnc(-c3ccc(Cl)cc3Cl)o2)C1.CCOC(=O)C1CC(Sc2nnc(-c3ccc(Cl)cc3Cl)o2)C1. The molecule has 0 unspecified atom stereocenters. The Morgan fingerprint density at radius 3 is 1.43 bits per heavy atom. The van der Waals surface area contributed by atoms with Crippen molar-refractivity contribution in [2.24, 2.45) is 11.8 Å². The summed E-state index contributed by atoms with van der Waals surface area (Å²) in [6.45, 7) is 4.46. The molecule has 2 aliphatic carbocycles. The Kier molecular flexibility index (Phi) is 12.2. The van der Waals surface area contributed by atoms with Gasteiger partial charge in [-0.05, 0) is 75.9 Å². The number of nitrogens with zero attached hydrogens (tertiary/aromatic N) is 4. The van der Waals surface area contributed by atoms with E-state index in [0.717, 1.165) is 25.7 Å². The van der Waals surface area contributed by atoms with E-state index in [0.29, 0.717) is 77.2 Å². The summed E-state index contributed by atoms with van der Waals surface area (Å²) in [5, 5.41) is 19.6. The van der Waals surface area contributed by atoms with E-state index in [1.807, 2.05) is 13.8 Å². The highest BCUT2D eigenvalue weighted by Gasteiger charge is 2.38. The lowest BCUT2D eigenvalue weighted by Crippen LogP contribution is -2.33. The number of ether oxygens (including phenoxy) is 2. The molecule has 0 aliphatic heterocycles. The molecule has 0 N–H and O–H groups in total. The molecule has 2 aliphatic rings. The van der Waals surface area contributed by atoms with Crippen LogP contribution in [0.5, 0.6) is 0 Å². The number of halogens is 4. The number of carbonyl (C=O) groups is 2. The zero-order valence-corrected chi connectivity index (χ0v) is 29.2. The zero-order chi connectivity index (χ0) is 32.8. The molecule has 10 nitrogen and oxygen atoms in total. The van der Waals surface area contributed by atoms with Crippen LogP contribution in [0.3, 0.4) is 0 Å². The van der Waals surface area contributed by atoms with E-state index in [4.69, 9.17) is 64.7 Å². The lowest BCUT2D eigenvalue weighted by atomic mass is 9.85. The number of esters is 2. The Hall–Kier alpha value is -2.48. The average molecular weight is 747 g/mol. The molecule has 16 heteroatoms. The lowest BCUT2D eigenvalue weighted by molar-refractivity contribution is -0.151. The maximum absolute atomic E-state index is 11.6. The summed E-state index contributed by atoms with van der Waals surface area (Å²) in [5.74, 6) is 0.444. The molecule has 0 amide bonds. The first kappa shape index (κ1) is 34.8. The van der Waals surface area contributed by atoms with Crippen LogP contribution < -0.4 is 0 Å². The molecule has 0 radical (unpaired) electrons. The molecule has 2 saturated carbocycles. The maximum Gasteiger partial charge on any atom is 0.308 e. The third-order valence-electron chi connectivity index (χ3n) is 7.10. The molecule has 6 rings (SSSR count). The number of thioether (sulfide) groups is 2. The largest absolute Gasteiger partial charge is 0.466 e. The van der Waals surface area contributed by atoms with Crippen molar-refractivity contribution >= 4 is 81.9 Å². The van der Waals surface area contributed by atoms with Crippen molar-refractivity contribution in [3.63, 3.8) is 0 Å². The molecule has 244 valence electrons. The van der Waals surface area contributed by atoms with Gasteiger partial charge in [-0.25, -0.2) is 0 Å². The van der Waals surface area contributed by atoms with E-state index in [2.05, 4.69) is 20.4 Å². The van der Waals surface area contributed by atoms with Gasteiger partial charge in [-0.3, -0.25) is 9.59 Å². The molecule has 4 aromatic rings. The number of rotatable bonds is 10. The molecule has 0 atom stereocenters. The molecule has 0 bridgehead atoms. The van der Waals surface area contributed by atoms with E-state index in [9.17, 15) is 9.59 Å². The maximum atomic E-state index is 11.6. The van der Waals surface area contributed by atoms with Gasteiger partial charge in [-0.15, -0.1) is 20.4 Å². The second kappa shape index (κ2) is 16.1. The first-order valence-electron chi connectivity index (χ1n) is 14.4. The number of carbonyl (C=O) groups excluding carboxylic acids is 2. The van der Waals surface area contributed by atoms with Crippen molar-refractivity contribution in [3.05, 3.63) is 56.5 Å². The molecular weight excluding hydrogens is 718 g/mol. The first-order chi connectivity index (χ1) is 22.1. The summed E-state index contributed by atoms with van der Waals surface area (Å²) in [6.07, 6.45) is 3.07. The van der Waals surface area contributed by atoms with Gasteiger partial charge in [0.15, 0.2) is 0 Å². The van der Waals surface area contributed by atoms with Gasteiger partial charge in [0.25, 0.3) is 10.4 Å². The molecule has 46 heavy (non-hydrogen) atoms. The Labute approximate surface area is 293 Å². The lowest BCUT2D eigenvalue weighted by Gasteiger charge is -2.31. The fourth-order valence-electron chi connectivity index (χ4n) is 4.57. The molecule has 0 saturated heterocycles. The summed E-state index contributed by atoms with van der Waals surface area (Å²) in [5.41, 5.74) is 1.29. The second-order valence-electron chi connectivity index (χ2n) is 10.3. The number of benzene rings is 2. The van der Waals surface area contributed by atoms with Crippen molar-refractivity contribution in [2.75, 3.05) is 13.2 Å². The minimum atomic E-state index is -0.122. The van der Waals surface area contributed by atoms with Crippen LogP contribution in [0.1, 0.15) is 39.5 Å². The van der Waals surface area contributed by atoms with Gasteiger partial charge in [0.05, 0.1) is 46.2 Å². The highest BCUT2D eigenvalue weighted by Crippen LogP contribution is 2.43. The van der Waals surface area contributed by atoms with Gasteiger partial charge >= 0.3 is 11.9 Å². The van der Waals surface area contributed by atoms with Crippen molar-refractivity contribution in [3.8, 4) is 22.9 Å². The normalized spacial score (nSPS) is 20.1. The van der Waals surface area contributed by atoms with Gasteiger partial charge in [-0.1, -0.05) is 69.9 Å². The summed E-state index contributed by atoms with van der Waals surface area (Å²) in [4.78, 5) is 23.1. The summed E-state index contributed by atoms with van der Waals surface area (Å²) < 4.78 is 21.3. The third kappa shape index (κ3) is 8.90. The van der Waals surface area contributed by atoms with Gasteiger partial charge in [0, 0.05) is 20.5 Å². The second-order valence-corrected chi connectivity index (χ2v) is 14.5. The van der Waals surface area contributed by atoms with Gasteiger partial charge in [0.2, 0.25) is 11.8 Å². The van der Waals surface area contributed by atoms with Crippen molar-refractivity contribution < 1.29 is 27.9 Å². The van der Waals surface area contributed by atoms with Crippen molar-refractivity contribution in [1.29, 1.82) is 0 Å². The van der Waals surface area contributed by atoms with Crippen LogP contribution in [-0.2, 0) is 19.1 Å². The smallest absolute Gasteiger partial charge is 0.308 e. The molecule has 2 aromatic heterocycles. The molecule has 0 spiro atoms. The van der Waals surface area contributed by atoms with Crippen LogP contribution >= 0.6 is 69.9 Å². The third-order valence-corrected chi connectivity index (χ3v) is 10.4. The monoisotopic (exact) mass is 744 g/mol. The minimum absolute atomic E-state index is 0.0134. The van der Waals surface area contributed by atoms with E-state index >= 15 is 0 Å². The molecular formula is C30H28Cl4N4O6S2. The first-order valence-corrected chi connectivity index (χ1v) is 17.6.